The predicted molar refractivity (Wildman–Crippen MR) is 75.2 cm³/mol. The molecule has 0 aliphatic heterocycles. The van der Waals surface area contributed by atoms with E-state index in [1.165, 1.54) is 6.42 Å². The summed E-state index contributed by atoms with van der Waals surface area (Å²) in [7, 11) is 1.93. The maximum Gasteiger partial charge on any atom is 0.223 e. The summed E-state index contributed by atoms with van der Waals surface area (Å²) in [6, 6.07) is 0.338. The molecule has 4 heteroatoms. The molecule has 1 fully saturated rings. The van der Waals surface area contributed by atoms with Gasteiger partial charge in [0.05, 0.1) is 0 Å². The smallest absolute Gasteiger partial charge is 0.223 e. The fourth-order valence-corrected chi connectivity index (χ4v) is 2.88. The second-order valence-corrected chi connectivity index (χ2v) is 6.36. The van der Waals surface area contributed by atoms with Crippen molar-refractivity contribution >= 4 is 17.7 Å². The lowest BCUT2D eigenvalue weighted by Crippen LogP contribution is -2.44. The largest absolute Gasteiger partial charge is 0.343 e. The molecule has 1 aliphatic rings. The van der Waals surface area contributed by atoms with Crippen LogP contribution >= 0.6 is 11.8 Å². The minimum atomic E-state index is 0.130. The molecule has 1 amide bonds. The fraction of sp³-hybridized carbons (Fsp3) is 0.923. The molecule has 0 saturated heterocycles. The van der Waals surface area contributed by atoms with Gasteiger partial charge in [-0.3, -0.25) is 4.79 Å². The average molecular weight is 258 g/mol. The molecule has 2 N–H and O–H groups in total. The minimum absolute atomic E-state index is 0.130. The van der Waals surface area contributed by atoms with Gasteiger partial charge in [0.2, 0.25) is 5.91 Å². The molecule has 0 spiro atoms. The molecule has 1 saturated carbocycles. The number of carbonyl (C=O) groups is 1. The summed E-state index contributed by atoms with van der Waals surface area (Å²) < 4.78 is 0. The molecule has 0 radical (unpaired) electrons. The Bertz CT molecular complexity index is 248. The van der Waals surface area contributed by atoms with Crippen LogP contribution in [0.2, 0.25) is 0 Å². The van der Waals surface area contributed by atoms with Gasteiger partial charge in [-0.15, -0.1) is 0 Å². The Morgan fingerprint density at radius 2 is 2.18 bits per heavy atom. The van der Waals surface area contributed by atoms with Crippen molar-refractivity contribution in [3.63, 3.8) is 0 Å². The van der Waals surface area contributed by atoms with Crippen LogP contribution in [0.15, 0.2) is 0 Å². The normalized spacial score (nSPS) is 19.5. The van der Waals surface area contributed by atoms with Crippen LogP contribution < -0.4 is 5.73 Å². The van der Waals surface area contributed by atoms with E-state index in [9.17, 15) is 4.79 Å². The lowest BCUT2D eigenvalue weighted by atomic mass is 9.66. The molecule has 0 heterocycles. The number of thioether (sulfide) groups is 1. The van der Waals surface area contributed by atoms with E-state index in [1.54, 1.807) is 0 Å². The minimum Gasteiger partial charge on any atom is -0.343 e. The van der Waals surface area contributed by atoms with Crippen molar-refractivity contribution in [1.29, 1.82) is 0 Å². The van der Waals surface area contributed by atoms with Crippen molar-refractivity contribution in [2.45, 2.75) is 45.1 Å². The zero-order valence-electron chi connectivity index (χ0n) is 11.4. The molecule has 3 nitrogen and oxygen atoms in total. The van der Waals surface area contributed by atoms with Gasteiger partial charge in [-0.2, -0.15) is 11.8 Å². The van der Waals surface area contributed by atoms with Crippen molar-refractivity contribution in [2.75, 3.05) is 25.6 Å². The Hall–Kier alpha value is -0.220. The third kappa shape index (κ3) is 3.88. The molecule has 1 aliphatic carbocycles. The van der Waals surface area contributed by atoms with Gasteiger partial charge in [-0.25, -0.2) is 0 Å². The van der Waals surface area contributed by atoms with Crippen LogP contribution in [-0.2, 0) is 4.79 Å². The molecule has 0 aromatic heterocycles. The number of nitrogens with zero attached hydrogens (tertiary/aromatic N) is 1. The molecule has 1 atom stereocenters. The van der Waals surface area contributed by atoms with Gasteiger partial charge in [0.1, 0.15) is 0 Å². The topological polar surface area (TPSA) is 46.3 Å². The molecule has 100 valence electrons. The van der Waals surface area contributed by atoms with Gasteiger partial charge >= 0.3 is 0 Å². The number of rotatable bonds is 7. The van der Waals surface area contributed by atoms with Gasteiger partial charge in [-0.05, 0) is 50.2 Å². The molecule has 17 heavy (non-hydrogen) atoms. The van der Waals surface area contributed by atoms with Crippen molar-refractivity contribution < 1.29 is 4.79 Å². The molecule has 0 bridgehead atoms. The van der Waals surface area contributed by atoms with Crippen molar-refractivity contribution in [1.82, 2.24) is 4.90 Å². The van der Waals surface area contributed by atoms with E-state index < -0.39 is 0 Å². The quantitative estimate of drug-likeness (QED) is 0.761. The number of hydrogen-bond acceptors (Lipinski definition) is 3. The van der Waals surface area contributed by atoms with E-state index in [2.05, 4.69) is 13.2 Å². The Morgan fingerprint density at radius 1 is 1.53 bits per heavy atom. The van der Waals surface area contributed by atoms with Crippen LogP contribution in [0.25, 0.3) is 0 Å². The third-order valence-electron chi connectivity index (χ3n) is 4.17. The van der Waals surface area contributed by atoms with Crippen LogP contribution in [0.5, 0.6) is 0 Å². The monoisotopic (exact) mass is 258 g/mol. The maximum absolute atomic E-state index is 12.2. The first-order valence-corrected chi connectivity index (χ1v) is 7.89. The predicted octanol–water partition coefficient (Wildman–Crippen LogP) is 2.11. The van der Waals surface area contributed by atoms with Crippen LogP contribution in [-0.4, -0.2) is 42.4 Å². The summed E-state index contributed by atoms with van der Waals surface area (Å²) in [5, 5.41) is 0. The zero-order valence-corrected chi connectivity index (χ0v) is 12.2. The number of carbonyl (C=O) groups excluding carboxylic acids is 1. The molecular weight excluding hydrogens is 232 g/mol. The zero-order chi connectivity index (χ0) is 12.9. The van der Waals surface area contributed by atoms with E-state index in [-0.39, 0.29) is 11.3 Å². The number of hydrogen-bond donors (Lipinski definition) is 1. The van der Waals surface area contributed by atoms with Crippen molar-refractivity contribution in [3.05, 3.63) is 0 Å². The first kappa shape index (κ1) is 14.8. The van der Waals surface area contributed by atoms with E-state index in [1.807, 2.05) is 23.7 Å². The molecule has 1 unspecified atom stereocenters. The van der Waals surface area contributed by atoms with Crippen LogP contribution in [0, 0.1) is 5.41 Å². The van der Waals surface area contributed by atoms with E-state index >= 15 is 0 Å². The highest BCUT2D eigenvalue weighted by atomic mass is 32.2. The van der Waals surface area contributed by atoms with Gasteiger partial charge in [0.15, 0.2) is 0 Å². The number of nitrogens with two attached hydrogens (primary N) is 1. The first-order chi connectivity index (χ1) is 8.04. The Labute approximate surface area is 109 Å². The molecule has 0 aromatic carbocycles. The summed E-state index contributed by atoms with van der Waals surface area (Å²) in [4.78, 5) is 14.1. The maximum atomic E-state index is 12.2. The lowest BCUT2D eigenvalue weighted by molar-refractivity contribution is -0.135. The van der Waals surface area contributed by atoms with Gasteiger partial charge < -0.3 is 10.6 Å². The average Bonchev–Trinajstić information content (AvgIpc) is 2.29. The molecular formula is C13H26N2OS. The first-order valence-electron chi connectivity index (χ1n) is 6.49. The van der Waals surface area contributed by atoms with E-state index in [0.29, 0.717) is 19.0 Å². The van der Waals surface area contributed by atoms with Crippen molar-refractivity contribution in [3.8, 4) is 0 Å². The summed E-state index contributed by atoms with van der Waals surface area (Å²) in [6.45, 7) is 2.79. The highest BCUT2D eigenvalue weighted by molar-refractivity contribution is 7.98. The Balaban J connectivity index is 2.40. The second-order valence-electron chi connectivity index (χ2n) is 5.37. The van der Waals surface area contributed by atoms with Crippen LogP contribution in [0.3, 0.4) is 0 Å². The SMILES string of the molecule is CSCCC(C)N(C)C(=O)CC1(CN)CCC1. The van der Waals surface area contributed by atoms with E-state index in [4.69, 9.17) is 5.73 Å². The second kappa shape index (κ2) is 6.64. The Kier molecular flexibility index (Phi) is 5.80. The summed E-state index contributed by atoms with van der Waals surface area (Å²) in [5.74, 6) is 1.38. The fourth-order valence-electron chi connectivity index (χ4n) is 2.30. The molecule has 1 rings (SSSR count). The highest BCUT2D eigenvalue weighted by Crippen LogP contribution is 2.43. The Morgan fingerprint density at radius 3 is 2.59 bits per heavy atom. The van der Waals surface area contributed by atoms with Gasteiger partial charge in [-0.1, -0.05) is 6.42 Å². The summed E-state index contributed by atoms with van der Waals surface area (Å²) >= 11 is 1.83. The summed E-state index contributed by atoms with van der Waals surface area (Å²) in [5.41, 5.74) is 5.93. The third-order valence-corrected chi connectivity index (χ3v) is 4.81. The van der Waals surface area contributed by atoms with Gasteiger partial charge in [0, 0.05) is 19.5 Å². The van der Waals surface area contributed by atoms with Crippen molar-refractivity contribution in [2.24, 2.45) is 11.1 Å². The van der Waals surface area contributed by atoms with E-state index in [0.717, 1.165) is 25.0 Å². The van der Waals surface area contributed by atoms with Crippen LogP contribution in [0.4, 0.5) is 0 Å². The molecule has 0 aromatic rings. The van der Waals surface area contributed by atoms with Crippen LogP contribution in [0.1, 0.15) is 39.0 Å². The van der Waals surface area contributed by atoms with Gasteiger partial charge in [0.25, 0.3) is 0 Å². The summed E-state index contributed by atoms with van der Waals surface area (Å²) in [6.07, 6.45) is 7.30. The lowest BCUT2D eigenvalue weighted by Gasteiger charge is -2.41. The number of amides is 1. The standard InChI is InChI=1S/C13H26N2OS/c1-11(5-8-17-3)15(2)12(16)9-13(10-14)6-4-7-13/h11H,4-10,14H2,1-3H3. The highest BCUT2D eigenvalue weighted by Gasteiger charge is 2.38.